The number of fused-ring (bicyclic) bond motifs is 1. The molecule has 0 saturated carbocycles. The fraction of sp³-hybridized carbons (Fsp3) is 0.545. The second-order valence-corrected chi connectivity index (χ2v) is 3.01. The van der Waals surface area contributed by atoms with Crippen molar-refractivity contribution in [3.05, 3.63) is 29.6 Å². The number of pyridine rings is 1. The average Bonchev–Trinajstić information content (AvgIpc) is 2.53. The third-order valence-corrected chi connectivity index (χ3v) is 2.32. The van der Waals surface area contributed by atoms with Crippen LogP contribution in [0.15, 0.2) is 18.5 Å². The Balaban J connectivity index is 0.000000336. The summed E-state index contributed by atoms with van der Waals surface area (Å²) in [5.74, 6) is 0.740. The zero-order valence-electron chi connectivity index (χ0n) is 8.17. The van der Waals surface area contributed by atoms with Gasteiger partial charge < -0.3 is 0 Å². The van der Waals surface area contributed by atoms with Crippen LogP contribution < -0.4 is 0 Å². The minimum absolute atomic E-state index is 0.740. The van der Waals surface area contributed by atoms with Gasteiger partial charge in [0.15, 0.2) is 0 Å². The molecular weight excluding hydrogens is 146 g/mol. The molecule has 1 atom stereocenters. The highest BCUT2D eigenvalue weighted by Gasteiger charge is 2.17. The lowest BCUT2D eigenvalue weighted by atomic mass is 10.1. The summed E-state index contributed by atoms with van der Waals surface area (Å²) in [5, 5.41) is 0. The Bertz CT molecular complexity index is 243. The fourth-order valence-corrected chi connectivity index (χ4v) is 1.63. The second-order valence-electron chi connectivity index (χ2n) is 3.01. The molecule has 0 radical (unpaired) electrons. The Labute approximate surface area is 74.8 Å². The summed E-state index contributed by atoms with van der Waals surface area (Å²) >= 11 is 0. The predicted molar refractivity (Wildman–Crippen MR) is 52.3 cm³/mol. The molecule has 1 aliphatic rings. The Kier molecular flexibility index (Phi) is 3.27. The van der Waals surface area contributed by atoms with Gasteiger partial charge in [0.05, 0.1) is 0 Å². The Morgan fingerprint density at radius 2 is 2.17 bits per heavy atom. The van der Waals surface area contributed by atoms with Crippen molar-refractivity contribution in [3.8, 4) is 0 Å². The van der Waals surface area contributed by atoms with E-state index in [-0.39, 0.29) is 0 Å². The maximum Gasteiger partial charge on any atom is 0.0305 e. The van der Waals surface area contributed by atoms with Crippen molar-refractivity contribution in [1.29, 1.82) is 0 Å². The van der Waals surface area contributed by atoms with E-state index in [0.717, 1.165) is 5.92 Å². The first kappa shape index (κ1) is 9.24. The molecule has 0 spiro atoms. The highest BCUT2D eigenvalue weighted by atomic mass is 14.6. The maximum atomic E-state index is 4.11. The monoisotopic (exact) mass is 163 g/mol. The van der Waals surface area contributed by atoms with Crippen molar-refractivity contribution < 1.29 is 0 Å². The first-order valence-electron chi connectivity index (χ1n) is 4.80. The van der Waals surface area contributed by atoms with E-state index in [4.69, 9.17) is 0 Å². The van der Waals surface area contributed by atoms with Crippen LogP contribution in [0.25, 0.3) is 0 Å². The highest BCUT2D eigenvalue weighted by Crippen LogP contribution is 2.30. The van der Waals surface area contributed by atoms with E-state index in [1.165, 1.54) is 24.0 Å². The van der Waals surface area contributed by atoms with Gasteiger partial charge in [-0.1, -0.05) is 20.8 Å². The van der Waals surface area contributed by atoms with Gasteiger partial charge >= 0.3 is 0 Å². The van der Waals surface area contributed by atoms with E-state index in [0.29, 0.717) is 0 Å². The van der Waals surface area contributed by atoms with E-state index in [9.17, 15) is 0 Å². The minimum Gasteiger partial charge on any atom is -0.264 e. The Hall–Kier alpha value is -0.850. The molecule has 0 amide bonds. The lowest BCUT2D eigenvalue weighted by molar-refractivity contribution is 0.745. The smallest absolute Gasteiger partial charge is 0.0305 e. The third-order valence-electron chi connectivity index (χ3n) is 2.32. The molecule has 1 aliphatic carbocycles. The van der Waals surface area contributed by atoms with E-state index < -0.39 is 0 Å². The molecule has 66 valence electrons. The Morgan fingerprint density at radius 1 is 1.42 bits per heavy atom. The molecular formula is C11H17N. The van der Waals surface area contributed by atoms with Crippen LogP contribution in [-0.2, 0) is 6.42 Å². The van der Waals surface area contributed by atoms with Gasteiger partial charge in [0.1, 0.15) is 0 Å². The van der Waals surface area contributed by atoms with Gasteiger partial charge in [-0.3, -0.25) is 4.98 Å². The lowest BCUT2D eigenvalue weighted by Crippen LogP contribution is -1.86. The number of rotatable bonds is 0. The normalized spacial score (nSPS) is 19.4. The van der Waals surface area contributed by atoms with Gasteiger partial charge in [-0.25, -0.2) is 0 Å². The van der Waals surface area contributed by atoms with Crippen molar-refractivity contribution >= 4 is 0 Å². The van der Waals surface area contributed by atoms with Gasteiger partial charge in [0.25, 0.3) is 0 Å². The van der Waals surface area contributed by atoms with E-state index in [2.05, 4.69) is 18.0 Å². The van der Waals surface area contributed by atoms with E-state index in [1.807, 2.05) is 26.2 Å². The van der Waals surface area contributed by atoms with E-state index in [1.54, 1.807) is 0 Å². The summed E-state index contributed by atoms with van der Waals surface area (Å²) in [7, 11) is 0. The third kappa shape index (κ3) is 1.66. The number of aromatic nitrogens is 1. The summed E-state index contributed by atoms with van der Waals surface area (Å²) in [6.45, 7) is 6.27. The first-order valence-corrected chi connectivity index (χ1v) is 4.80. The van der Waals surface area contributed by atoms with Crippen LogP contribution in [0.3, 0.4) is 0 Å². The lowest BCUT2D eigenvalue weighted by Gasteiger charge is -2.00. The molecule has 2 rings (SSSR count). The quantitative estimate of drug-likeness (QED) is 0.572. The van der Waals surface area contributed by atoms with Gasteiger partial charge in [-0.2, -0.15) is 0 Å². The van der Waals surface area contributed by atoms with Crippen molar-refractivity contribution in [2.24, 2.45) is 0 Å². The number of hydrogen-bond acceptors (Lipinski definition) is 1. The molecule has 0 bridgehead atoms. The molecule has 1 unspecified atom stereocenters. The molecule has 1 heteroatoms. The van der Waals surface area contributed by atoms with Gasteiger partial charge in [-0.15, -0.1) is 0 Å². The molecule has 0 fully saturated rings. The maximum absolute atomic E-state index is 4.11. The highest BCUT2D eigenvalue weighted by molar-refractivity contribution is 5.31. The predicted octanol–water partition coefficient (Wildman–Crippen LogP) is 3.16. The molecule has 1 aromatic heterocycles. The van der Waals surface area contributed by atoms with Crippen LogP contribution in [0.5, 0.6) is 0 Å². The van der Waals surface area contributed by atoms with Gasteiger partial charge in [-0.05, 0) is 36.0 Å². The molecule has 1 heterocycles. The molecule has 1 nitrogen and oxygen atoms in total. The molecule has 0 aromatic carbocycles. The fourth-order valence-electron chi connectivity index (χ4n) is 1.63. The van der Waals surface area contributed by atoms with Crippen LogP contribution in [-0.4, -0.2) is 4.98 Å². The van der Waals surface area contributed by atoms with Crippen LogP contribution in [0, 0.1) is 0 Å². The van der Waals surface area contributed by atoms with Crippen LogP contribution in [0.4, 0.5) is 0 Å². The summed E-state index contributed by atoms with van der Waals surface area (Å²) < 4.78 is 0. The zero-order chi connectivity index (χ0) is 8.97. The summed E-state index contributed by atoms with van der Waals surface area (Å²) in [5.41, 5.74) is 2.96. The van der Waals surface area contributed by atoms with Crippen molar-refractivity contribution in [1.82, 2.24) is 4.98 Å². The first-order chi connectivity index (χ1) is 5.88. The van der Waals surface area contributed by atoms with Crippen molar-refractivity contribution in [3.63, 3.8) is 0 Å². The molecule has 0 N–H and O–H groups in total. The SMILES string of the molecule is CC.CC1CCc2ccncc21. The summed E-state index contributed by atoms with van der Waals surface area (Å²) in [6.07, 6.45) is 6.45. The van der Waals surface area contributed by atoms with Gasteiger partial charge in [0.2, 0.25) is 0 Å². The second kappa shape index (κ2) is 4.24. The minimum atomic E-state index is 0.740. The number of aryl methyl sites for hydroxylation is 1. The van der Waals surface area contributed by atoms with Crippen LogP contribution in [0.1, 0.15) is 44.2 Å². The number of hydrogen-bond donors (Lipinski definition) is 0. The van der Waals surface area contributed by atoms with Crippen molar-refractivity contribution in [2.45, 2.75) is 39.5 Å². The largest absolute Gasteiger partial charge is 0.264 e. The average molecular weight is 163 g/mol. The summed E-state index contributed by atoms with van der Waals surface area (Å²) in [4.78, 5) is 4.11. The molecule has 0 saturated heterocycles. The summed E-state index contributed by atoms with van der Waals surface area (Å²) in [6, 6.07) is 2.14. The Morgan fingerprint density at radius 3 is 2.83 bits per heavy atom. The standard InChI is InChI=1S/C9H11N.C2H6/c1-7-2-3-8-4-5-10-6-9(7)8;1-2/h4-7H,2-3H2,1H3;1-2H3. The molecule has 1 aromatic rings. The van der Waals surface area contributed by atoms with E-state index >= 15 is 0 Å². The van der Waals surface area contributed by atoms with Crippen LogP contribution >= 0.6 is 0 Å². The van der Waals surface area contributed by atoms with Crippen molar-refractivity contribution in [2.75, 3.05) is 0 Å². The zero-order valence-corrected chi connectivity index (χ0v) is 8.17. The molecule has 12 heavy (non-hydrogen) atoms. The number of nitrogens with zero attached hydrogens (tertiary/aromatic N) is 1. The van der Waals surface area contributed by atoms with Gasteiger partial charge in [0, 0.05) is 12.4 Å². The topological polar surface area (TPSA) is 12.9 Å². The molecule has 0 aliphatic heterocycles. The van der Waals surface area contributed by atoms with Crippen LogP contribution in [0.2, 0.25) is 0 Å².